The van der Waals surface area contributed by atoms with E-state index in [0.717, 1.165) is 16.7 Å². The molecule has 0 spiro atoms. The number of hydrogen-bond donors (Lipinski definition) is 1. The highest BCUT2D eigenvalue weighted by Gasteiger charge is 2.15. The van der Waals surface area contributed by atoms with Crippen LogP contribution in [0.15, 0.2) is 90.5 Å². The van der Waals surface area contributed by atoms with Crippen LogP contribution in [0.5, 0.6) is 17.2 Å². The fourth-order valence-electron chi connectivity index (χ4n) is 3.92. The molecular weight excluding hydrogens is 524 g/mol. The molecule has 4 aromatic rings. The largest absolute Gasteiger partial charge is 0.493 e. The summed E-state index contributed by atoms with van der Waals surface area (Å²) in [6.07, 6.45) is 1.45. The molecule has 0 radical (unpaired) electrons. The molecule has 0 aliphatic carbocycles. The summed E-state index contributed by atoms with van der Waals surface area (Å²) in [6.45, 7) is 4.80. The normalized spacial score (nSPS) is 10.9. The van der Waals surface area contributed by atoms with Crippen LogP contribution < -0.4 is 19.5 Å². The summed E-state index contributed by atoms with van der Waals surface area (Å²) in [5.41, 5.74) is 5.35. The number of carbonyl (C=O) groups excluding carboxylic acids is 1. The summed E-state index contributed by atoms with van der Waals surface area (Å²) < 4.78 is 17.2. The first kappa shape index (κ1) is 28.3. The van der Waals surface area contributed by atoms with E-state index in [1.165, 1.54) is 18.7 Å². The van der Waals surface area contributed by atoms with E-state index in [0.29, 0.717) is 46.7 Å². The second-order valence-corrected chi connectivity index (χ2v) is 9.64. The lowest BCUT2D eigenvalue weighted by molar-refractivity contribution is -0.112. The first-order valence-corrected chi connectivity index (χ1v) is 13.0. The number of aryl methyl sites for hydroxylation is 2. The highest BCUT2D eigenvalue weighted by Crippen LogP contribution is 2.37. The first-order valence-electron chi connectivity index (χ1n) is 12.6. The third-order valence-corrected chi connectivity index (χ3v) is 6.31. The molecular formula is C33H29ClN2O4. The second kappa shape index (κ2) is 13.4. The van der Waals surface area contributed by atoms with Crippen LogP contribution in [0.1, 0.15) is 27.8 Å². The number of carbonyl (C=O) groups is 1. The number of benzene rings is 4. The summed E-state index contributed by atoms with van der Waals surface area (Å²) in [5.74, 6) is 0.896. The van der Waals surface area contributed by atoms with Crippen LogP contribution in [0.4, 0.5) is 5.69 Å². The van der Waals surface area contributed by atoms with Crippen LogP contribution >= 0.6 is 11.6 Å². The summed E-state index contributed by atoms with van der Waals surface area (Å²) in [4.78, 5) is 12.8. The van der Waals surface area contributed by atoms with Crippen molar-refractivity contribution in [3.05, 3.63) is 123 Å². The van der Waals surface area contributed by atoms with Crippen LogP contribution in [0.25, 0.3) is 6.08 Å². The van der Waals surface area contributed by atoms with Gasteiger partial charge < -0.3 is 19.5 Å². The fraction of sp³-hybridized carbons (Fsp3) is 0.152. The highest BCUT2D eigenvalue weighted by molar-refractivity contribution is 6.32. The van der Waals surface area contributed by atoms with Gasteiger partial charge in [0.05, 0.1) is 12.1 Å². The molecule has 7 heteroatoms. The average molecular weight is 553 g/mol. The highest BCUT2D eigenvalue weighted by atomic mass is 35.5. The number of ether oxygens (including phenoxy) is 3. The SMILES string of the molecule is COc1cc(/C=C(\C#N)C(=O)Nc2ccc(OCc3ccc(C)cc3)cc2)cc(Cl)c1OCc1cccc(C)c1. The van der Waals surface area contributed by atoms with Gasteiger partial charge in [-0.2, -0.15) is 5.26 Å². The lowest BCUT2D eigenvalue weighted by Crippen LogP contribution is -2.13. The van der Waals surface area contributed by atoms with Crippen LogP contribution in [-0.2, 0) is 18.0 Å². The zero-order valence-corrected chi connectivity index (χ0v) is 23.3. The summed E-state index contributed by atoms with van der Waals surface area (Å²) in [5, 5.41) is 12.7. The van der Waals surface area contributed by atoms with Crippen molar-refractivity contribution in [1.82, 2.24) is 0 Å². The molecule has 0 aromatic heterocycles. The van der Waals surface area contributed by atoms with E-state index in [1.807, 2.05) is 68.4 Å². The van der Waals surface area contributed by atoms with Gasteiger partial charge >= 0.3 is 0 Å². The number of nitrogens with one attached hydrogen (secondary N) is 1. The quantitative estimate of drug-likeness (QED) is 0.161. The Morgan fingerprint density at radius 1 is 0.900 bits per heavy atom. The Labute approximate surface area is 239 Å². The number of nitriles is 1. The van der Waals surface area contributed by atoms with Gasteiger partial charge in [-0.3, -0.25) is 4.79 Å². The van der Waals surface area contributed by atoms with Gasteiger partial charge in [0.2, 0.25) is 0 Å². The molecule has 1 amide bonds. The lowest BCUT2D eigenvalue weighted by atomic mass is 10.1. The van der Waals surface area contributed by atoms with E-state index in [9.17, 15) is 10.1 Å². The minimum Gasteiger partial charge on any atom is -0.493 e. The van der Waals surface area contributed by atoms with Crippen molar-refractivity contribution in [2.75, 3.05) is 12.4 Å². The average Bonchev–Trinajstić information content (AvgIpc) is 2.95. The summed E-state index contributed by atoms with van der Waals surface area (Å²) >= 11 is 6.50. The number of anilines is 1. The lowest BCUT2D eigenvalue weighted by Gasteiger charge is -2.14. The molecule has 0 bridgehead atoms. The Morgan fingerprint density at radius 2 is 1.62 bits per heavy atom. The number of hydrogen-bond acceptors (Lipinski definition) is 5. The topological polar surface area (TPSA) is 80.6 Å². The number of halogens is 1. The smallest absolute Gasteiger partial charge is 0.266 e. The standard InChI is InChI=1S/C33H29ClN2O4/c1-22-7-9-24(10-8-22)20-39-29-13-11-28(12-14-29)36-33(37)27(19-35)16-26-17-30(34)32(31(18-26)38-3)40-21-25-6-4-5-23(2)15-25/h4-18H,20-21H2,1-3H3,(H,36,37)/b27-16+. The van der Waals surface area contributed by atoms with Crippen LogP contribution in [0.3, 0.4) is 0 Å². The Balaban J connectivity index is 1.41. The third kappa shape index (κ3) is 7.66. The van der Waals surface area contributed by atoms with Crippen molar-refractivity contribution in [1.29, 1.82) is 5.26 Å². The molecule has 202 valence electrons. The Morgan fingerprint density at radius 3 is 2.30 bits per heavy atom. The molecule has 0 saturated heterocycles. The van der Waals surface area contributed by atoms with Gasteiger partial charge in [-0.05, 0) is 73.0 Å². The van der Waals surface area contributed by atoms with Gasteiger partial charge in [0, 0.05) is 5.69 Å². The molecule has 0 aliphatic rings. The molecule has 6 nitrogen and oxygen atoms in total. The van der Waals surface area contributed by atoms with Crippen LogP contribution in [-0.4, -0.2) is 13.0 Å². The predicted molar refractivity (Wildman–Crippen MR) is 158 cm³/mol. The van der Waals surface area contributed by atoms with Crippen molar-refractivity contribution in [2.24, 2.45) is 0 Å². The molecule has 0 fully saturated rings. The molecule has 0 unspecified atom stereocenters. The van der Waals surface area contributed by atoms with E-state index in [2.05, 4.69) is 5.32 Å². The van der Waals surface area contributed by atoms with Crippen molar-refractivity contribution >= 4 is 29.3 Å². The van der Waals surface area contributed by atoms with Crippen LogP contribution in [0, 0.1) is 25.2 Å². The second-order valence-electron chi connectivity index (χ2n) is 9.23. The number of methoxy groups -OCH3 is 1. The number of amides is 1. The van der Waals surface area contributed by atoms with Gasteiger partial charge in [-0.25, -0.2) is 0 Å². The summed E-state index contributed by atoms with van der Waals surface area (Å²) in [7, 11) is 1.50. The Hall–Kier alpha value is -4.73. The maximum atomic E-state index is 12.8. The summed E-state index contributed by atoms with van der Waals surface area (Å²) in [6, 6.07) is 28.3. The van der Waals surface area contributed by atoms with E-state index < -0.39 is 5.91 Å². The maximum Gasteiger partial charge on any atom is 0.266 e. The van der Waals surface area contributed by atoms with E-state index in [-0.39, 0.29) is 5.57 Å². The molecule has 0 heterocycles. The Kier molecular flexibility index (Phi) is 9.45. The van der Waals surface area contributed by atoms with Crippen molar-refractivity contribution in [3.8, 4) is 23.3 Å². The predicted octanol–water partition coefficient (Wildman–Crippen LogP) is 7.67. The monoisotopic (exact) mass is 552 g/mol. The van der Waals surface area contributed by atoms with E-state index in [4.69, 9.17) is 25.8 Å². The van der Waals surface area contributed by atoms with Crippen molar-refractivity contribution < 1.29 is 19.0 Å². The molecule has 1 N–H and O–H groups in total. The van der Waals surface area contributed by atoms with Crippen molar-refractivity contribution in [3.63, 3.8) is 0 Å². The molecule has 0 atom stereocenters. The molecule has 4 aromatic carbocycles. The molecule has 0 saturated carbocycles. The first-order chi connectivity index (χ1) is 19.3. The van der Waals surface area contributed by atoms with Gasteiger partial charge in [0.25, 0.3) is 5.91 Å². The Bertz CT molecular complexity index is 1560. The third-order valence-electron chi connectivity index (χ3n) is 6.03. The fourth-order valence-corrected chi connectivity index (χ4v) is 4.19. The molecule has 0 aliphatic heterocycles. The number of nitrogens with zero attached hydrogens (tertiary/aromatic N) is 1. The molecule has 40 heavy (non-hydrogen) atoms. The number of rotatable bonds is 10. The molecule has 4 rings (SSSR count). The zero-order chi connectivity index (χ0) is 28.5. The zero-order valence-electron chi connectivity index (χ0n) is 22.5. The van der Waals surface area contributed by atoms with Crippen LogP contribution in [0.2, 0.25) is 5.02 Å². The van der Waals surface area contributed by atoms with Gasteiger partial charge in [-0.1, -0.05) is 71.3 Å². The van der Waals surface area contributed by atoms with Gasteiger partial charge in [0.15, 0.2) is 11.5 Å². The van der Waals surface area contributed by atoms with Gasteiger partial charge in [0.1, 0.15) is 30.6 Å². The maximum absolute atomic E-state index is 12.8. The van der Waals surface area contributed by atoms with Gasteiger partial charge in [-0.15, -0.1) is 0 Å². The van der Waals surface area contributed by atoms with E-state index in [1.54, 1.807) is 36.4 Å². The minimum atomic E-state index is -0.550. The van der Waals surface area contributed by atoms with Crippen molar-refractivity contribution in [2.45, 2.75) is 27.1 Å². The minimum absolute atomic E-state index is 0.0914. The van der Waals surface area contributed by atoms with E-state index >= 15 is 0 Å².